The summed E-state index contributed by atoms with van der Waals surface area (Å²) in [4.78, 5) is 9.89. The summed E-state index contributed by atoms with van der Waals surface area (Å²) < 4.78 is 0. The molecule has 0 bridgehead atoms. The Bertz CT molecular complexity index is 522. The largest absolute Gasteiger partial charge is 0.356 e. The molecule has 2 aromatic rings. The molecular formula is C15H20N4S. The predicted molar refractivity (Wildman–Crippen MR) is 85.2 cm³/mol. The van der Waals surface area contributed by atoms with Crippen molar-refractivity contribution in [3.63, 3.8) is 0 Å². The minimum Gasteiger partial charge on any atom is -0.356 e. The maximum Gasteiger partial charge on any atom is 0.191 e. The van der Waals surface area contributed by atoms with Crippen molar-refractivity contribution in [2.45, 2.75) is 19.4 Å². The number of aromatic nitrogens is 1. The van der Waals surface area contributed by atoms with Crippen molar-refractivity contribution < 1.29 is 0 Å². The van der Waals surface area contributed by atoms with Crippen LogP contribution < -0.4 is 10.6 Å². The number of hydrogen-bond donors (Lipinski definition) is 2. The molecule has 0 fully saturated rings. The maximum absolute atomic E-state index is 4.28. The molecular weight excluding hydrogens is 268 g/mol. The van der Waals surface area contributed by atoms with Crippen LogP contribution in [0.25, 0.3) is 0 Å². The van der Waals surface area contributed by atoms with Gasteiger partial charge in [0, 0.05) is 30.6 Å². The first-order valence-electron chi connectivity index (χ1n) is 6.67. The van der Waals surface area contributed by atoms with E-state index < -0.39 is 0 Å². The number of nitrogens with zero attached hydrogens (tertiary/aromatic N) is 2. The van der Waals surface area contributed by atoms with Crippen molar-refractivity contribution >= 4 is 17.3 Å². The van der Waals surface area contributed by atoms with E-state index in [4.69, 9.17) is 0 Å². The molecule has 2 rings (SSSR count). The van der Waals surface area contributed by atoms with Crippen LogP contribution in [0.4, 0.5) is 0 Å². The summed E-state index contributed by atoms with van der Waals surface area (Å²) in [5, 5.41) is 8.72. The standard InChI is InChI=1S/C15H20N4S/c1-12(14-7-5-9-20-14)10-18-15(16-2)19-11-13-6-3-4-8-17-13/h3-9,12H,10-11H2,1-2H3,(H2,16,18,19). The first kappa shape index (κ1) is 14.5. The van der Waals surface area contributed by atoms with Crippen molar-refractivity contribution in [1.29, 1.82) is 0 Å². The van der Waals surface area contributed by atoms with Crippen molar-refractivity contribution in [2.24, 2.45) is 4.99 Å². The molecule has 1 atom stereocenters. The van der Waals surface area contributed by atoms with Crippen molar-refractivity contribution in [1.82, 2.24) is 15.6 Å². The van der Waals surface area contributed by atoms with Crippen LogP contribution in [0.15, 0.2) is 46.9 Å². The number of thiophene rings is 1. The molecule has 0 aromatic carbocycles. The van der Waals surface area contributed by atoms with Gasteiger partial charge < -0.3 is 10.6 Å². The Hall–Kier alpha value is -1.88. The molecule has 0 radical (unpaired) electrons. The van der Waals surface area contributed by atoms with E-state index in [0.717, 1.165) is 18.2 Å². The average Bonchev–Trinajstić information content (AvgIpc) is 3.02. The molecule has 0 saturated carbocycles. The lowest BCUT2D eigenvalue weighted by molar-refractivity contribution is 0.706. The van der Waals surface area contributed by atoms with Gasteiger partial charge in [-0.2, -0.15) is 0 Å². The number of nitrogens with one attached hydrogen (secondary N) is 2. The van der Waals surface area contributed by atoms with Crippen LogP contribution in [0.1, 0.15) is 23.4 Å². The van der Waals surface area contributed by atoms with Gasteiger partial charge in [-0.05, 0) is 23.6 Å². The van der Waals surface area contributed by atoms with Gasteiger partial charge in [-0.3, -0.25) is 9.98 Å². The lowest BCUT2D eigenvalue weighted by Crippen LogP contribution is -2.38. The average molecular weight is 288 g/mol. The molecule has 1 unspecified atom stereocenters. The third-order valence-electron chi connectivity index (χ3n) is 2.99. The fourth-order valence-electron chi connectivity index (χ4n) is 1.82. The first-order valence-corrected chi connectivity index (χ1v) is 7.55. The van der Waals surface area contributed by atoms with E-state index in [2.05, 4.69) is 45.0 Å². The van der Waals surface area contributed by atoms with Gasteiger partial charge in [0.2, 0.25) is 0 Å². The Labute approximate surface area is 124 Å². The minimum absolute atomic E-state index is 0.475. The summed E-state index contributed by atoms with van der Waals surface area (Å²) in [5.74, 6) is 1.28. The molecule has 20 heavy (non-hydrogen) atoms. The van der Waals surface area contributed by atoms with Crippen LogP contribution in [0.2, 0.25) is 0 Å². The molecule has 0 aliphatic rings. The van der Waals surface area contributed by atoms with Crippen molar-refractivity contribution in [3.05, 3.63) is 52.5 Å². The molecule has 0 spiro atoms. The van der Waals surface area contributed by atoms with Crippen LogP contribution in [-0.2, 0) is 6.54 Å². The van der Waals surface area contributed by atoms with E-state index in [1.54, 1.807) is 24.6 Å². The van der Waals surface area contributed by atoms with Gasteiger partial charge in [0.25, 0.3) is 0 Å². The van der Waals surface area contributed by atoms with E-state index in [-0.39, 0.29) is 0 Å². The minimum atomic E-state index is 0.475. The van der Waals surface area contributed by atoms with Crippen LogP contribution in [0, 0.1) is 0 Å². The zero-order valence-corrected chi connectivity index (χ0v) is 12.7. The second-order valence-corrected chi connectivity index (χ2v) is 5.52. The molecule has 5 heteroatoms. The zero-order chi connectivity index (χ0) is 14.2. The van der Waals surface area contributed by atoms with E-state index in [9.17, 15) is 0 Å². The Morgan fingerprint density at radius 2 is 2.20 bits per heavy atom. The highest BCUT2D eigenvalue weighted by Crippen LogP contribution is 2.19. The smallest absolute Gasteiger partial charge is 0.191 e. The van der Waals surface area contributed by atoms with Gasteiger partial charge in [0.15, 0.2) is 5.96 Å². The molecule has 0 aliphatic carbocycles. The van der Waals surface area contributed by atoms with E-state index in [1.165, 1.54) is 4.88 Å². The van der Waals surface area contributed by atoms with Gasteiger partial charge in [0.05, 0.1) is 12.2 Å². The molecule has 2 heterocycles. The number of rotatable bonds is 5. The number of pyridine rings is 1. The van der Waals surface area contributed by atoms with E-state index in [0.29, 0.717) is 12.5 Å². The third kappa shape index (κ3) is 4.35. The molecule has 106 valence electrons. The Morgan fingerprint density at radius 3 is 2.85 bits per heavy atom. The SMILES string of the molecule is CN=C(NCc1ccccn1)NCC(C)c1cccs1. The highest BCUT2D eigenvalue weighted by molar-refractivity contribution is 7.10. The Morgan fingerprint density at radius 1 is 1.30 bits per heavy atom. The highest BCUT2D eigenvalue weighted by Gasteiger charge is 2.07. The topological polar surface area (TPSA) is 49.3 Å². The number of hydrogen-bond acceptors (Lipinski definition) is 3. The molecule has 0 aliphatic heterocycles. The molecule has 0 amide bonds. The van der Waals surface area contributed by atoms with Crippen molar-refractivity contribution in [3.8, 4) is 0 Å². The predicted octanol–water partition coefficient (Wildman–Crippen LogP) is 2.61. The summed E-state index contributed by atoms with van der Waals surface area (Å²) in [6.07, 6.45) is 1.80. The monoisotopic (exact) mass is 288 g/mol. The quantitative estimate of drug-likeness (QED) is 0.657. The lowest BCUT2D eigenvalue weighted by Gasteiger charge is -2.15. The van der Waals surface area contributed by atoms with Gasteiger partial charge in [-0.25, -0.2) is 0 Å². The summed E-state index contributed by atoms with van der Waals surface area (Å²) >= 11 is 1.79. The number of guanidine groups is 1. The maximum atomic E-state index is 4.28. The van der Waals surface area contributed by atoms with Gasteiger partial charge in [-0.15, -0.1) is 11.3 Å². The Kier molecular flexibility index (Phi) is 5.55. The van der Waals surface area contributed by atoms with Crippen LogP contribution in [0.5, 0.6) is 0 Å². The fraction of sp³-hybridized carbons (Fsp3) is 0.333. The molecule has 4 nitrogen and oxygen atoms in total. The van der Waals surface area contributed by atoms with Gasteiger partial charge in [-0.1, -0.05) is 19.1 Å². The van der Waals surface area contributed by atoms with E-state index in [1.807, 2.05) is 18.2 Å². The normalized spacial score (nSPS) is 13.0. The molecule has 2 aromatic heterocycles. The van der Waals surface area contributed by atoms with Crippen LogP contribution in [0.3, 0.4) is 0 Å². The number of aliphatic imine (C=N–C) groups is 1. The van der Waals surface area contributed by atoms with Crippen LogP contribution in [-0.4, -0.2) is 24.5 Å². The van der Waals surface area contributed by atoms with Crippen molar-refractivity contribution in [2.75, 3.05) is 13.6 Å². The van der Waals surface area contributed by atoms with Gasteiger partial charge in [0.1, 0.15) is 0 Å². The summed E-state index contributed by atoms with van der Waals surface area (Å²) in [6.45, 7) is 3.75. The Balaban J connectivity index is 1.78. The second-order valence-electron chi connectivity index (χ2n) is 4.54. The summed E-state index contributed by atoms with van der Waals surface area (Å²) in [7, 11) is 1.78. The van der Waals surface area contributed by atoms with E-state index >= 15 is 0 Å². The van der Waals surface area contributed by atoms with Gasteiger partial charge >= 0.3 is 0 Å². The highest BCUT2D eigenvalue weighted by atomic mass is 32.1. The first-order chi connectivity index (χ1) is 9.79. The lowest BCUT2D eigenvalue weighted by atomic mass is 10.1. The third-order valence-corrected chi connectivity index (χ3v) is 4.10. The molecule has 0 saturated heterocycles. The zero-order valence-electron chi connectivity index (χ0n) is 11.8. The molecule has 2 N–H and O–H groups in total. The summed E-state index contributed by atoms with van der Waals surface area (Å²) in [5.41, 5.74) is 1.00. The van der Waals surface area contributed by atoms with Crippen LogP contribution >= 0.6 is 11.3 Å². The summed E-state index contributed by atoms with van der Waals surface area (Å²) in [6, 6.07) is 10.2. The second kappa shape index (κ2) is 7.65. The fourth-order valence-corrected chi connectivity index (χ4v) is 2.61.